The Kier molecular flexibility index (Phi) is 3.14. The van der Waals surface area contributed by atoms with Gasteiger partial charge >= 0.3 is 6.09 Å². The minimum absolute atomic E-state index is 0.505. The van der Waals surface area contributed by atoms with Crippen molar-refractivity contribution in [2.45, 2.75) is 6.92 Å². The summed E-state index contributed by atoms with van der Waals surface area (Å²) in [4.78, 5) is 10.9. The van der Waals surface area contributed by atoms with Gasteiger partial charge in [-0.15, -0.1) is 0 Å². The van der Waals surface area contributed by atoms with Crippen LogP contribution in [0.2, 0.25) is 5.02 Å². The van der Waals surface area contributed by atoms with E-state index in [0.29, 0.717) is 10.7 Å². The van der Waals surface area contributed by atoms with Crippen LogP contribution in [-0.2, 0) is 4.74 Å². The third kappa shape index (κ3) is 2.36. The number of nitrogens with one attached hydrogen (secondary N) is 1. The van der Waals surface area contributed by atoms with E-state index in [1.807, 2.05) is 19.1 Å². The quantitative estimate of drug-likeness (QED) is 0.756. The third-order valence-electron chi connectivity index (χ3n) is 1.63. The SMILES string of the molecule is COC(=O)Nc1c(C)cccc1Cl. The van der Waals surface area contributed by atoms with Crippen molar-refractivity contribution >= 4 is 23.4 Å². The molecule has 0 aliphatic heterocycles. The molecule has 1 aromatic rings. The Balaban J connectivity index is 2.93. The molecule has 0 fully saturated rings. The molecule has 0 atom stereocenters. The minimum atomic E-state index is -0.517. The monoisotopic (exact) mass is 199 g/mol. The minimum Gasteiger partial charge on any atom is -0.453 e. The lowest BCUT2D eigenvalue weighted by molar-refractivity contribution is 0.187. The van der Waals surface area contributed by atoms with Crippen LogP contribution in [0.25, 0.3) is 0 Å². The Labute approximate surface area is 81.7 Å². The number of benzene rings is 1. The fraction of sp³-hybridized carbons (Fsp3) is 0.222. The highest BCUT2D eigenvalue weighted by Crippen LogP contribution is 2.25. The van der Waals surface area contributed by atoms with Crippen molar-refractivity contribution in [3.8, 4) is 0 Å². The second-order valence-corrected chi connectivity index (χ2v) is 2.96. The first-order chi connectivity index (χ1) is 6.15. The number of rotatable bonds is 1. The van der Waals surface area contributed by atoms with Gasteiger partial charge < -0.3 is 4.74 Å². The van der Waals surface area contributed by atoms with Gasteiger partial charge in [0.15, 0.2) is 0 Å². The maximum absolute atomic E-state index is 10.9. The number of anilines is 1. The van der Waals surface area contributed by atoms with Crippen molar-refractivity contribution in [2.24, 2.45) is 0 Å². The molecule has 1 N–H and O–H groups in total. The lowest BCUT2D eigenvalue weighted by atomic mass is 10.2. The first-order valence-electron chi connectivity index (χ1n) is 3.75. The van der Waals surface area contributed by atoms with Gasteiger partial charge in [-0.05, 0) is 18.6 Å². The summed E-state index contributed by atoms with van der Waals surface area (Å²) in [5.74, 6) is 0. The largest absolute Gasteiger partial charge is 0.453 e. The smallest absolute Gasteiger partial charge is 0.411 e. The molecular formula is C9H10ClNO2. The van der Waals surface area contributed by atoms with E-state index in [1.165, 1.54) is 7.11 Å². The highest BCUT2D eigenvalue weighted by molar-refractivity contribution is 6.33. The number of ether oxygens (including phenoxy) is 1. The Bertz CT molecular complexity index is 305. The molecule has 0 saturated heterocycles. The highest BCUT2D eigenvalue weighted by atomic mass is 35.5. The van der Waals surface area contributed by atoms with Gasteiger partial charge in [0.25, 0.3) is 0 Å². The number of hydrogen-bond donors (Lipinski definition) is 1. The average Bonchev–Trinajstić information content (AvgIpc) is 2.11. The van der Waals surface area contributed by atoms with E-state index in [-0.39, 0.29) is 0 Å². The molecule has 70 valence electrons. The molecular weight excluding hydrogens is 190 g/mol. The first-order valence-corrected chi connectivity index (χ1v) is 4.13. The second kappa shape index (κ2) is 4.14. The van der Waals surface area contributed by atoms with Gasteiger partial charge in [0, 0.05) is 0 Å². The van der Waals surface area contributed by atoms with Crippen LogP contribution in [0.3, 0.4) is 0 Å². The molecule has 0 unspecified atom stereocenters. The number of methoxy groups -OCH3 is 1. The van der Waals surface area contributed by atoms with E-state index in [1.54, 1.807) is 6.07 Å². The van der Waals surface area contributed by atoms with Crippen LogP contribution in [0.5, 0.6) is 0 Å². The topological polar surface area (TPSA) is 38.3 Å². The molecule has 0 saturated carbocycles. The Morgan fingerprint density at radius 2 is 2.23 bits per heavy atom. The Morgan fingerprint density at radius 3 is 2.77 bits per heavy atom. The standard InChI is InChI=1S/C9H10ClNO2/c1-6-4-3-5-7(10)8(6)11-9(12)13-2/h3-5H,1-2H3,(H,11,12). The molecule has 0 heterocycles. The molecule has 0 aromatic heterocycles. The van der Waals surface area contributed by atoms with Gasteiger partial charge in [-0.1, -0.05) is 23.7 Å². The third-order valence-corrected chi connectivity index (χ3v) is 1.95. The Hall–Kier alpha value is -1.22. The maximum Gasteiger partial charge on any atom is 0.411 e. The van der Waals surface area contributed by atoms with Crippen LogP contribution in [-0.4, -0.2) is 13.2 Å². The summed E-state index contributed by atoms with van der Waals surface area (Å²) in [6.07, 6.45) is -0.517. The normalized spacial score (nSPS) is 9.46. The maximum atomic E-state index is 10.9. The van der Waals surface area contributed by atoms with Crippen LogP contribution in [0, 0.1) is 6.92 Å². The number of carbonyl (C=O) groups excluding carboxylic acids is 1. The predicted molar refractivity (Wildman–Crippen MR) is 52.2 cm³/mol. The number of para-hydroxylation sites is 1. The second-order valence-electron chi connectivity index (χ2n) is 2.55. The van der Waals surface area contributed by atoms with E-state index in [0.717, 1.165) is 5.56 Å². The van der Waals surface area contributed by atoms with Crippen molar-refractivity contribution in [3.63, 3.8) is 0 Å². The lowest BCUT2D eigenvalue weighted by Crippen LogP contribution is -2.12. The number of halogens is 1. The van der Waals surface area contributed by atoms with E-state index in [2.05, 4.69) is 10.1 Å². The summed E-state index contributed by atoms with van der Waals surface area (Å²) in [5.41, 5.74) is 1.49. The summed E-state index contributed by atoms with van der Waals surface area (Å²) in [5, 5.41) is 3.04. The van der Waals surface area contributed by atoms with Crippen molar-refractivity contribution < 1.29 is 9.53 Å². The van der Waals surface area contributed by atoms with Gasteiger partial charge in [0.2, 0.25) is 0 Å². The zero-order valence-electron chi connectivity index (χ0n) is 7.43. The molecule has 13 heavy (non-hydrogen) atoms. The zero-order valence-corrected chi connectivity index (χ0v) is 8.18. The molecule has 1 rings (SSSR count). The van der Waals surface area contributed by atoms with Crippen molar-refractivity contribution in [3.05, 3.63) is 28.8 Å². The van der Waals surface area contributed by atoms with Crippen LogP contribution in [0.1, 0.15) is 5.56 Å². The molecule has 3 nitrogen and oxygen atoms in total. The molecule has 1 aromatic carbocycles. The Morgan fingerprint density at radius 1 is 1.54 bits per heavy atom. The number of hydrogen-bond acceptors (Lipinski definition) is 2. The van der Waals surface area contributed by atoms with Crippen LogP contribution in [0.4, 0.5) is 10.5 Å². The van der Waals surface area contributed by atoms with Gasteiger partial charge in [-0.25, -0.2) is 4.79 Å². The van der Waals surface area contributed by atoms with Crippen molar-refractivity contribution in [2.75, 3.05) is 12.4 Å². The summed E-state index contributed by atoms with van der Waals surface area (Å²) < 4.78 is 4.46. The molecule has 0 aliphatic rings. The fourth-order valence-electron chi connectivity index (χ4n) is 0.943. The average molecular weight is 200 g/mol. The molecule has 4 heteroatoms. The predicted octanol–water partition coefficient (Wildman–Crippen LogP) is 2.83. The summed E-state index contributed by atoms with van der Waals surface area (Å²) in [7, 11) is 1.31. The number of amides is 1. The number of aryl methyl sites for hydroxylation is 1. The van der Waals surface area contributed by atoms with Crippen LogP contribution >= 0.6 is 11.6 Å². The van der Waals surface area contributed by atoms with E-state index in [9.17, 15) is 4.79 Å². The van der Waals surface area contributed by atoms with Crippen molar-refractivity contribution in [1.82, 2.24) is 0 Å². The van der Waals surface area contributed by atoms with Gasteiger partial charge in [-0.2, -0.15) is 0 Å². The van der Waals surface area contributed by atoms with Crippen LogP contribution in [0.15, 0.2) is 18.2 Å². The summed E-state index contributed by atoms with van der Waals surface area (Å²) in [6, 6.07) is 5.39. The molecule has 0 spiro atoms. The summed E-state index contributed by atoms with van der Waals surface area (Å²) >= 11 is 5.86. The van der Waals surface area contributed by atoms with Gasteiger partial charge in [-0.3, -0.25) is 5.32 Å². The zero-order chi connectivity index (χ0) is 9.84. The van der Waals surface area contributed by atoms with Crippen LogP contribution < -0.4 is 5.32 Å². The molecule has 0 bridgehead atoms. The van der Waals surface area contributed by atoms with Gasteiger partial charge in [0.1, 0.15) is 0 Å². The highest BCUT2D eigenvalue weighted by Gasteiger charge is 2.06. The van der Waals surface area contributed by atoms with E-state index in [4.69, 9.17) is 11.6 Å². The van der Waals surface area contributed by atoms with Crippen molar-refractivity contribution in [1.29, 1.82) is 0 Å². The lowest BCUT2D eigenvalue weighted by Gasteiger charge is -2.08. The summed E-state index contributed by atoms with van der Waals surface area (Å²) in [6.45, 7) is 1.86. The van der Waals surface area contributed by atoms with E-state index < -0.39 is 6.09 Å². The molecule has 0 aliphatic carbocycles. The molecule has 0 radical (unpaired) electrons. The fourth-order valence-corrected chi connectivity index (χ4v) is 1.21. The van der Waals surface area contributed by atoms with E-state index >= 15 is 0 Å². The number of carbonyl (C=O) groups is 1. The first kappa shape index (κ1) is 9.86. The van der Waals surface area contributed by atoms with Gasteiger partial charge in [0.05, 0.1) is 17.8 Å². The molecule has 1 amide bonds.